The molecule has 3 rings (SSSR count). The van der Waals surface area contributed by atoms with Gasteiger partial charge in [0.25, 0.3) is 17.2 Å². The summed E-state index contributed by atoms with van der Waals surface area (Å²) in [4.78, 5) is 26.4. The topological polar surface area (TPSA) is 124 Å². The number of halogens is 4. The number of aliphatic hydroxyl groups is 1. The minimum absolute atomic E-state index is 0.0483. The Kier molecular flexibility index (Phi) is 8.19. The zero-order valence-corrected chi connectivity index (χ0v) is 21.1. The number of aromatic nitrogens is 1. The van der Waals surface area contributed by atoms with Crippen LogP contribution in [0.5, 0.6) is 0 Å². The average molecular weight is 551 g/mol. The summed E-state index contributed by atoms with van der Waals surface area (Å²) < 4.78 is 85.0. The van der Waals surface area contributed by atoms with Gasteiger partial charge in [-0.2, -0.15) is 0 Å². The molecule has 1 aliphatic rings. The predicted octanol–water partition coefficient (Wildman–Crippen LogP) is 3.00. The Balaban J connectivity index is 1.92. The summed E-state index contributed by atoms with van der Waals surface area (Å²) in [7, 11) is 1.25. The van der Waals surface area contributed by atoms with E-state index in [0.29, 0.717) is 16.4 Å². The lowest BCUT2D eigenvalue weighted by Gasteiger charge is -2.29. The van der Waals surface area contributed by atoms with Crippen molar-refractivity contribution in [3.8, 4) is 0 Å². The first kappa shape index (κ1) is 28.4. The molecular formula is C22H26F4N4O6S. The highest BCUT2D eigenvalue weighted by atomic mass is 32.2. The van der Waals surface area contributed by atoms with E-state index in [1.807, 2.05) is 0 Å². The van der Waals surface area contributed by atoms with E-state index in [1.54, 1.807) is 20.8 Å². The van der Waals surface area contributed by atoms with Gasteiger partial charge in [-0.05, 0) is 20.8 Å². The number of rotatable bonds is 6. The van der Waals surface area contributed by atoms with Gasteiger partial charge in [-0.15, -0.1) is 0 Å². The van der Waals surface area contributed by atoms with E-state index in [1.165, 1.54) is 11.9 Å². The lowest BCUT2D eigenvalue weighted by atomic mass is 10.1. The zero-order valence-electron chi connectivity index (χ0n) is 20.3. The lowest BCUT2D eigenvalue weighted by Crippen LogP contribution is -2.44. The Morgan fingerprint density at radius 1 is 1.16 bits per heavy atom. The SMILES string of the molecule is Cn1cc(N(C2CN(C(=O)OC(C)(C)C)CC2CO)S(=O)O)c(F)c1C(=O)Nc1cc(F)c(F)c(F)c1. The fraction of sp³-hybridized carbons (Fsp3) is 0.455. The van der Waals surface area contributed by atoms with E-state index in [9.17, 15) is 36.6 Å². The minimum Gasteiger partial charge on any atom is -0.444 e. The van der Waals surface area contributed by atoms with E-state index < -0.39 is 87.8 Å². The second-order valence-corrected chi connectivity index (χ2v) is 10.3. The largest absolute Gasteiger partial charge is 0.444 e. The minimum atomic E-state index is -2.86. The van der Waals surface area contributed by atoms with Crippen LogP contribution in [0.25, 0.3) is 0 Å². The molecule has 0 radical (unpaired) electrons. The van der Waals surface area contributed by atoms with Crippen molar-refractivity contribution < 1.29 is 45.8 Å². The molecule has 3 N–H and O–H groups in total. The molecule has 15 heteroatoms. The molecule has 1 fully saturated rings. The van der Waals surface area contributed by atoms with Gasteiger partial charge in [0.2, 0.25) is 0 Å². The number of hydrogen-bond donors (Lipinski definition) is 3. The summed E-state index contributed by atoms with van der Waals surface area (Å²) in [6.07, 6.45) is 0.305. The van der Waals surface area contributed by atoms with Crippen LogP contribution >= 0.6 is 0 Å². The monoisotopic (exact) mass is 550 g/mol. The summed E-state index contributed by atoms with van der Waals surface area (Å²) >= 11 is -2.86. The summed E-state index contributed by atoms with van der Waals surface area (Å²) in [6.45, 7) is 4.19. The molecule has 3 unspecified atom stereocenters. The second kappa shape index (κ2) is 10.7. The molecule has 3 atom stereocenters. The molecule has 1 aromatic heterocycles. The van der Waals surface area contributed by atoms with Crippen molar-refractivity contribution >= 4 is 34.6 Å². The van der Waals surface area contributed by atoms with E-state index in [-0.39, 0.29) is 13.1 Å². The van der Waals surface area contributed by atoms with Crippen LogP contribution in [0.1, 0.15) is 31.3 Å². The molecule has 37 heavy (non-hydrogen) atoms. The van der Waals surface area contributed by atoms with Gasteiger partial charge >= 0.3 is 6.09 Å². The van der Waals surface area contributed by atoms with Gasteiger partial charge in [-0.3, -0.25) is 13.7 Å². The second-order valence-electron chi connectivity index (χ2n) is 9.45. The lowest BCUT2D eigenvalue weighted by molar-refractivity contribution is 0.0283. The number of anilines is 2. The predicted molar refractivity (Wildman–Crippen MR) is 125 cm³/mol. The summed E-state index contributed by atoms with van der Waals surface area (Å²) in [6, 6.07) is -0.0394. The quantitative estimate of drug-likeness (QED) is 0.289. The normalized spacial score (nSPS) is 18.6. The van der Waals surface area contributed by atoms with Crippen LogP contribution < -0.4 is 9.62 Å². The van der Waals surface area contributed by atoms with Gasteiger partial charge < -0.3 is 24.6 Å². The highest BCUT2D eigenvalue weighted by molar-refractivity contribution is 7.80. The van der Waals surface area contributed by atoms with E-state index in [2.05, 4.69) is 5.32 Å². The molecule has 0 bridgehead atoms. The fourth-order valence-corrected chi connectivity index (χ4v) is 4.73. The smallest absolute Gasteiger partial charge is 0.410 e. The van der Waals surface area contributed by atoms with Crippen LogP contribution in [0.2, 0.25) is 0 Å². The third kappa shape index (κ3) is 6.05. The number of carbonyl (C=O) groups excluding carboxylic acids is 2. The average Bonchev–Trinajstić information content (AvgIpc) is 3.31. The van der Waals surface area contributed by atoms with Gasteiger partial charge in [0.15, 0.2) is 23.3 Å². The third-order valence-corrected chi connectivity index (χ3v) is 6.36. The van der Waals surface area contributed by atoms with Crippen LogP contribution in [0, 0.1) is 29.2 Å². The summed E-state index contributed by atoms with van der Waals surface area (Å²) in [5.74, 6) is -8.10. The highest BCUT2D eigenvalue weighted by Crippen LogP contribution is 2.33. The third-order valence-electron chi connectivity index (χ3n) is 5.56. The highest BCUT2D eigenvalue weighted by Gasteiger charge is 2.43. The van der Waals surface area contributed by atoms with Gasteiger partial charge in [0, 0.05) is 56.7 Å². The molecule has 2 heterocycles. The number of benzene rings is 1. The van der Waals surface area contributed by atoms with Gasteiger partial charge in [-0.25, -0.2) is 26.6 Å². The van der Waals surface area contributed by atoms with Crippen LogP contribution in [0.15, 0.2) is 18.3 Å². The van der Waals surface area contributed by atoms with Crippen molar-refractivity contribution in [1.82, 2.24) is 9.47 Å². The Hall–Kier alpha value is -3.17. The van der Waals surface area contributed by atoms with Crippen LogP contribution in [0.4, 0.5) is 33.7 Å². The standard InChI is InChI=1S/C22H26F4N4O6S/c1-22(2,3)36-21(33)29-7-11(10-31)15(9-29)30(37(34)35)16-8-28(4)19(18(16)26)20(32)27-12-5-13(23)17(25)14(24)6-12/h5-6,8,11,15,31H,7,9-10H2,1-4H3,(H,27,32)(H,34,35). The number of carbonyl (C=O) groups is 2. The molecule has 0 aliphatic carbocycles. The molecule has 1 aromatic carbocycles. The van der Waals surface area contributed by atoms with Crippen LogP contribution in [0.3, 0.4) is 0 Å². The Bertz CT molecular complexity index is 1210. The maximum atomic E-state index is 15.5. The first-order valence-electron chi connectivity index (χ1n) is 10.9. The number of nitrogens with zero attached hydrogens (tertiary/aromatic N) is 3. The molecule has 10 nitrogen and oxygen atoms in total. The molecule has 1 aliphatic heterocycles. The Morgan fingerprint density at radius 3 is 2.27 bits per heavy atom. The molecule has 0 spiro atoms. The van der Waals surface area contributed by atoms with Crippen LogP contribution in [-0.2, 0) is 23.1 Å². The summed E-state index contributed by atoms with van der Waals surface area (Å²) in [5, 5.41) is 11.9. The van der Waals surface area contributed by atoms with E-state index in [0.717, 1.165) is 10.8 Å². The maximum Gasteiger partial charge on any atom is 0.410 e. The molecule has 2 amide bonds. The van der Waals surface area contributed by atoms with Crippen molar-refractivity contribution in [2.45, 2.75) is 32.4 Å². The molecule has 0 saturated carbocycles. The maximum absolute atomic E-state index is 15.5. The molecule has 1 saturated heterocycles. The van der Waals surface area contributed by atoms with Crippen molar-refractivity contribution in [2.24, 2.45) is 13.0 Å². The van der Waals surface area contributed by atoms with Crippen molar-refractivity contribution in [2.75, 3.05) is 29.3 Å². The summed E-state index contributed by atoms with van der Waals surface area (Å²) in [5.41, 5.74) is -2.49. The number of likely N-dealkylation sites (tertiary alicyclic amines) is 1. The van der Waals surface area contributed by atoms with Crippen molar-refractivity contribution in [1.29, 1.82) is 0 Å². The van der Waals surface area contributed by atoms with E-state index >= 15 is 4.39 Å². The number of aryl methyl sites for hydroxylation is 1. The fourth-order valence-electron chi connectivity index (χ4n) is 3.97. The van der Waals surface area contributed by atoms with Gasteiger partial charge in [0.05, 0.1) is 6.04 Å². The van der Waals surface area contributed by atoms with Gasteiger partial charge in [-0.1, -0.05) is 0 Å². The Morgan fingerprint density at radius 2 is 1.76 bits per heavy atom. The van der Waals surface area contributed by atoms with Crippen molar-refractivity contribution in [3.05, 3.63) is 47.3 Å². The van der Waals surface area contributed by atoms with Gasteiger partial charge in [0.1, 0.15) is 17.0 Å². The molecule has 204 valence electrons. The number of ether oxygens (including phenoxy) is 1. The van der Waals surface area contributed by atoms with E-state index in [4.69, 9.17) is 4.74 Å². The number of aliphatic hydroxyl groups excluding tert-OH is 1. The first-order chi connectivity index (χ1) is 17.1. The molecule has 2 aromatic rings. The van der Waals surface area contributed by atoms with Crippen LogP contribution in [-0.4, -0.2) is 66.7 Å². The molecular weight excluding hydrogens is 524 g/mol. The zero-order chi connectivity index (χ0) is 27.8. The number of nitrogens with one attached hydrogen (secondary N) is 1. The Labute approximate surface area is 212 Å². The van der Waals surface area contributed by atoms with Crippen molar-refractivity contribution in [3.63, 3.8) is 0 Å². The first-order valence-corrected chi connectivity index (χ1v) is 12.0. The number of hydrogen-bond acceptors (Lipinski definition) is 5. The number of amides is 2.